The fraction of sp³-hybridized carbons (Fsp3) is 0.533. The third-order valence-electron chi connectivity index (χ3n) is 4.37. The summed E-state index contributed by atoms with van der Waals surface area (Å²) < 4.78 is 38.9. The molecule has 23 heavy (non-hydrogen) atoms. The first kappa shape index (κ1) is 15.8. The molecule has 1 saturated carbocycles. The summed E-state index contributed by atoms with van der Waals surface area (Å²) in [5.74, 6) is -5.45. The van der Waals surface area contributed by atoms with Crippen LogP contribution in [0.3, 0.4) is 0 Å². The van der Waals surface area contributed by atoms with E-state index in [-0.39, 0.29) is 5.56 Å². The predicted molar refractivity (Wildman–Crippen MR) is 72.8 cm³/mol. The molecule has 1 saturated heterocycles. The van der Waals surface area contributed by atoms with Crippen molar-refractivity contribution in [2.45, 2.75) is 24.9 Å². The van der Waals surface area contributed by atoms with E-state index in [0.717, 1.165) is 23.4 Å². The van der Waals surface area contributed by atoms with Crippen LogP contribution in [0.15, 0.2) is 18.3 Å². The monoisotopic (exact) mass is 328 g/mol. The molecule has 124 valence electrons. The van der Waals surface area contributed by atoms with Crippen LogP contribution in [-0.2, 0) is 4.79 Å². The maximum atomic E-state index is 13.0. The van der Waals surface area contributed by atoms with Gasteiger partial charge >= 0.3 is 12.1 Å². The van der Waals surface area contributed by atoms with Crippen molar-refractivity contribution in [3.8, 4) is 0 Å². The Labute approximate surface area is 130 Å². The van der Waals surface area contributed by atoms with E-state index in [2.05, 4.69) is 4.98 Å². The van der Waals surface area contributed by atoms with Crippen molar-refractivity contribution in [2.75, 3.05) is 13.1 Å². The number of aliphatic carboxylic acids is 1. The van der Waals surface area contributed by atoms with Crippen molar-refractivity contribution in [2.24, 2.45) is 11.8 Å². The van der Waals surface area contributed by atoms with Crippen LogP contribution in [0.25, 0.3) is 0 Å². The number of pyridine rings is 1. The summed E-state index contributed by atoms with van der Waals surface area (Å²) in [6.45, 7) is -1.06. The molecule has 1 N–H and O–H groups in total. The van der Waals surface area contributed by atoms with E-state index in [4.69, 9.17) is 5.11 Å². The van der Waals surface area contributed by atoms with Crippen LogP contribution in [0.5, 0.6) is 0 Å². The minimum absolute atomic E-state index is 0.258. The van der Waals surface area contributed by atoms with Gasteiger partial charge in [0.25, 0.3) is 5.91 Å². The number of carbonyl (C=O) groups is 2. The number of halogens is 3. The van der Waals surface area contributed by atoms with Gasteiger partial charge in [0.15, 0.2) is 0 Å². The number of likely N-dealkylation sites (tertiary alicyclic amines) is 1. The Morgan fingerprint density at radius 2 is 1.96 bits per heavy atom. The van der Waals surface area contributed by atoms with Crippen LogP contribution in [0.2, 0.25) is 0 Å². The van der Waals surface area contributed by atoms with Crippen LogP contribution < -0.4 is 0 Å². The fourth-order valence-corrected chi connectivity index (χ4v) is 2.92. The van der Waals surface area contributed by atoms with Gasteiger partial charge < -0.3 is 10.0 Å². The Kier molecular flexibility index (Phi) is 3.77. The van der Waals surface area contributed by atoms with E-state index in [1.165, 1.54) is 12.3 Å². The summed E-state index contributed by atoms with van der Waals surface area (Å²) in [5, 5.41) is 8.99. The molecule has 2 fully saturated rings. The van der Waals surface area contributed by atoms with Gasteiger partial charge in [-0.1, -0.05) is 0 Å². The second-order valence-electron chi connectivity index (χ2n) is 6.05. The largest absolute Gasteiger partial charge is 0.481 e. The van der Waals surface area contributed by atoms with Gasteiger partial charge in [0.05, 0.1) is 11.8 Å². The Bertz CT molecular complexity index is 643. The Morgan fingerprint density at radius 1 is 1.26 bits per heavy atom. The number of carbonyl (C=O) groups excluding carboxylic acids is 1. The molecule has 5 nitrogen and oxygen atoms in total. The predicted octanol–water partition coefficient (Wildman–Crippen LogP) is 2.29. The zero-order valence-electron chi connectivity index (χ0n) is 12.1. The fourth-order valence-electron chi connectivity index (χ4n) is 2.92. The third kappa shape index (κ3) is 3.16. The minimum atomic E-state index is -4.64. The highest BCUT2D eigenvalue weighted by atomic mass is 19.4. The van der Waals surface area contributed by atoms with Crippen molar-refractivity contribution in [1.82, 2.24) is 9.88 Å². The molecular weight excluding hydrogens is 313 g/mol. The van der Waals surface area contributed by atoms with Crippen molar-refractivity contribution in [3.05, 3.63) is 29.6 Å². The Morgan fingerprint density at radius 3 is 2.48 bits per heavy atom. The Hall–Kier alpha value is -2.12. The summed E-state index contributed by atoms with van der Waals surface area (Å²) in [6.07, 6.45) is -1.19. The van der Waals surface area contributed by atoms with Gasteiger partial charge in [0.1, 0.15) is 0 Å². The number of carboxylic acid groups (broad SMARTS) is 1. The number of hydrogen-bond acceptors (Lipinski definition) is 3. The number of hydrogen-bond donors (Lipinski definition) is 1. The van der Waals surface area contributed by atoms with Crippen molar-refractivity contribution in [3.63, 3.8) is 0 Å². The second-order valence-corrected chi connectivity index (χ2v) is 6.05. The lowest BCUT2D eigenvalue weighted by Crippen LogP contribution is -2.34. The molecule has 1 aliphatic heterocycles. The topological polar surface area (TPSA) is 70.5 Å². The maximum absolute atomic E-state index is 13.0. The van der Waals surface area contributed by atoms with Gasteiger partial charge in [-0.05, 0) is 25.0 Å². The minimum Gasteiger partial charge on any atom is -0.481 e. The van der Waals surface area contributed by atoms with E-state index in [1.807, 2.05) is 0 Å². The van der Waals surface area contributed by atoms with Crippen LogP contribution in [0, 0.1) is 11.8 Å². The van der Waals surface area contributed by atoms with Crippen LogP contribution >= 0.6 is 0 Å². The number of alkyl halides is 3. The van der Waals surface area contributed by atoms with Gasteiger partial charge in [-0.3, -0.25) is 14.6 Å². The van der Waals surface area contributed by atoms with E-state index in [1.54, 1.807) is 6.07 Å². The maximum Gasteiger partial charge on any atom is 0.394 e. The summed E-state index contributed by atoms with van der Waals surface area (Å²) >= 11 is 0. The first-order valence-electron chi connectivity index (χ1n) is 7.32. The zero-order chi connectivity index (χ0) is 16.8. The lowest BCUT2D eigenvalue weighted by Gasteiger charge is -2.18. The summed E-state index contributed by atoms with van der Waals surface area (Å²) in [6, 6.07) is 3.04. The van der Waals surface area contributed by atoms with Crippen LogP contribution in [-0.4, -0.2) is 46.1 Å². The molecule has 3 rings (SSSR count). The molecule has 2 atom stereocenters. The second kappa shape index (κ2) is 5.50. The van der Waals surface area contributed by atoms with E-state index >= 15 is 0 Å². The van der Waals surface area contributed by atoms with Crippen molar-refractivity contribution >= 4 is 11.9 Å². The molecule has 0 unspecified atom stereocenters. The van der Waals surface area contributed by atoms with Gasteiger partial charge in [0.2, 0.25) is 0 Å². The van der Waals surface area contributed by atoms with Crippen molar-refractivity contribution < 1.29 is 27.9 Å². The molecule has 2 aliphatic rings. The molecule has 0 spiro atoms. The van der Waals surface area contributed by atoms with E-state index in [9.17, 15) is 22.8 Å². The number of aromatic nitrogens is 1. The SMILES string of the molecule is O=C(O)[C@@H]1CN(C(=O)c2ccnc(C3CC3)c2)C[C@H]1C(F)(F)F. The van der Waals surface area contributed by atoms with E-state index < -0.39 is 43.0 Å². The summed E-state index contributed by atoms with van der Waals surface area (Å²) in [4.78, 5) is 28.6. The molecule has 2 heterocycles. The third-order valence-corrected chi connectivity index (χ3v) is 4.37. The van der Waals surface area contributed by atoms with Crippen LogP contribution in [0.4, 0.5) is 13.2 Å². The number of rotatable bonds is 3. The van der Waals surface area contributed by atoms with Crippen LogP contribution in [0.1, 0.15) is 34.8 Å². The summed E-state index contributed by atoms with van der Waals surface area (Å²) in [7, 11) is 0. The molecule has 1 aromatic rings. The molecule has 1 aromatic heterocycles. The zero-order valence-corrected chi connectivity index (χ0v) is 12.1. The molecular formula is C15H15F3N2O3. The summed E-state index contributed by atoms with van der Waals surface area (Å²) in [5.41, 5.74) is 1.02. The first-order valence-corrected chi connectivity index (χ1v) is 7.32. The average Bonchev–Trinajstić information content (AvgIpc) is 3.23. The number of carboxylic acids is 1. The smallest absolute Gasteiger partial charge is 0.394 e. The highest BCUT2D eigenvalue weighted by Gasteiger charge is 2.53. The molecule has 8 heteroatoms. The first-order chi connectivity index (χ1) is 10.8. The molecule has 0 aromatic carbocycles. The molecule has 1 amide bonds. The standard InChI is InChI=1S/C15H15F3N2O3/c16-15(17,18)11-7-20(6-10(11)14(22)23)13(21)9-3-4-19-12(5-9)8-1-2-8/h3-5,8,10-11H,1-2,6-7H2,(H,22,23)/t10-,11-/m1/s1. The average molecular weight is 328 g/mol. The quantitative estimate of drug-likeness (QED) is 0.924. The molecule has 0 bridgehead atoms. The number of nitrogens with zero attached hydrogens (tertiary/aromatic N) is 2. The lowest BCUT2D eigenvalue weighted by atomic mass is 9.96. The van der Waals surface area contributed by atoms with Gasteiger partial charge in [-0.15, -0.1) is 0 Å². The molecule has 0 radical (unpaired) electrons. The molecule has 1 aliphatic carbocycles. The lowest BCUT2D eigenvalue weighted by molar-refractivity contribution is -0.187. The van der Waals surface area contributed by atoms with Gasteiger partial charge in [-0.2, -0.15) is 13.2 Å². The normalized spacial score (nSPS) is 24.7. The van der Waals surface area contributed by atoms with Gasteiger partial charge in [-0.25, -0.2) is 0 Å². The van der Waals surface area contributed by atoms with Gasteiger partial charge in [0, 0.05) is 36.5 Å². The Balaban J connectivity index is 1.80. The van der Waals surface area contributed by atoms with E-state index in [0.29, 0.717) is 5.92 Å². The van der Waals surface area contributed by atoms with Crippen molar-refractivity contribution in [1.29, 1.82) is 0 Å². The highest BCUT2D eigenvalue weighted by molar-refractivity contribution is 5.95. The highest BCUT2D eigenvalue weighted by Crippen LogP contribution is 2.40. The number of amides is 1.